The van der Waals surface area contributed by atoms with Crippen molar-refractivity contribution in [1.82, 2.24) is 0 Å². The molecule has 0 aliphatic carbocycles. The summed E-state index contributed by atoms with van der Waals surface area (Å²) in [6.07, 6.45) is 0.0616. The van der Waals surface area contributed by atoms with Crippen LogP contribution in [0.15, 0.2) is 60.7 Å². The third kappa shape index (κ3) is 13.0. The van der Waals surface area contributed by atoms with Crippen molar-refractivity contribution in [3.63, 3.8) is 0 Å². The Morgan fingerprint density at radius 1 is 0.667 bits per heavy atom. The summed E-state index contributed by atoms with van der Waals surface area (Å²) in [7, 11) is 2.49. The molecule has 0 heterocycles. The zero-order chi connectivity index (χ0) is 23.9. The van der Waals surface area contributed by atoms with Gasteiger partial charge in [0.1, 0.15) is 0 Å². The second-order valence-electron chi connectivity index (χ2n) is 6.97. The van der Waals surface area contributed by atoms with Crippen LogP contribution in [0, 0.1) is 11.8 Å². The summed E-state index contributed by atoms with van der Waals surface area (Å²) >= 11 is 0. The molecule has 0 unspecified atom stereocenters. The van der Waals surface area contributed by atoms with Crippen LogP contribution < -0.4 is 10.2 Å². The molecule has 2 aromatic carbocycles. The number of carbonyl (C=O) groups is 4. The fourth-order valence-corrected chi connectivity index (χ4v) is 3.01. The van der Waals surface area contributed by atoms with Gasteiger partial charge in [0.15, 0.2) is 0 Å². The molecule has 0 amide bonds. The monoisotopic (exact) mass is 482 g/mol. The van der Waals surface area contributed by atoms with E-state index in [4.69, 9.17) is 0 Å². The molecule has 0 bridgehead atoms. The van der Waals surface area contributed by atoms with Crippen molar-refractivity contribution in [3.05, 3.63) is 71.8 Å². The summed E-state index contributed by atoms with van der Waals surface area (Å²) in [4.78, 5) is 43.7. The van der Waals surface area contributed by atoms with Crippen LogP contribution in [-0.2, 0) is 41.5 Å². The van der Waals surface area contributed by atoms with Gasteiger partial charge in [0.2, 0.25) is 0 Å². The SMILES string of the molecule is COC(=O)[C@H](CC(=O)[O-])Cc1ccccc1.COC(=O)[C@H](CC(=O)[O-])Cc1ccccc1.[Ca+2]. The van der Waals surface area contributed by atoms with Gasteiger partial charge < -0.3 is 29.3 Å². The first kappa shape index (κ1) is 30.6. The molecule has 0 fully saturated rings. The minimum atomic E-state index is -1.24. The van der Waals surface area contributed by atoms with Crippen molar-refractivity contribution in [2.75, 3.05) is 14.2 Å². The van der Waals surface area contributed by atoms with Gasteiger partial charge in [-0.1, -0.05) is 60.7 Å². The first-order valence-electron chi connectivity index (χ1n) is 9.90. The number of hydrogen-bond acceptors (Lipinski definition) is 8. The number of carbonyl (C=O) groups excluding carboxylic acids is 4. The maximum absolute atomic E-state index is 11.3. The maximum atomic E-state index is 11.3. The quantitative estimate of drug-likeness (QED) is 0.340. The van der Waals surface area contributed by atoms with E-state index >= 15 is 0 Å². The molecule has 2 aromatic rings. The second-order valence-corrected chi connectivity index (χ2v) is 6.97. The largest absolute Gasteiger partial charge is 2.00 e. The second kappa shape index (κ2) is 17.1. The van der Waals surface area contributed by atoms with E-state index in [2.05, 4.69) is 9.47 Å². The molecule has 0 radical (unpaired) electrons. The summed E-state index contributed by atoms with van der Waals surface area (Å²) in [5.41, 5.74) is 1.80. The van der Waals surface area contributed by atoms with Gasteiger partial charge in [-0.25, -0.2) is 0 Å². The Bertz CT molecular complexity index is 797. The fourth-order valence-electron chi connectivity index (χ4n) is 3.01. The van der Waals surface area contributed by atoms with Crippen LogP contribution >= 0.6 is 0 Å². The summed E-state index contributed by atoms with van der Waals surface area (Å²) in [6.45, 7) is 0. The van der Waals surface area contributed by atoms with E-state index in [0.29, 0.717) is 12.8 Å². The van der Waals surface area contributed by atoms with E-state index in [1.165, 1.54) is 14.2 Å². The first-order valence-corrected chi connectivity index (χ1v) is 9.90. The Labute approximate surface area is 222 Å². The van der Waals surface area contributed by atoms with Crippen LogP contribution in [-0.4, -0.2) is 75.8 Å². The van der Waals surface area contributed by atoms with E-state index in [0.717, 1.165) is 11.1 Å². The number of hydrogen-bond donors (Lipinski definition) is 0. The van der Waals surface area contributed by atoms with Gasteiger partial charge in [-0.05, 0) is 24.0 Å². The molecular weight excluding hydrogens is 456 g/mol. The Kier molecular flexibility index (Phi) is 15.9. The molecule has 0 aliphatic heterocycles. The molecule has 0 spiro atoms. The Morgan fingerprint density at radius 3 is 1.21 bits per heavy atom. The predicted molar refractivity (Wildman–Crippen MR) is 116 cm³/mol. The average molecular weight is 483 g/mol. The van der Waals surface area contributed by atoms with Crippen LogP contribution in [0.4, 0.5) is 0 Å². The summed E-state index contributed by atoms with van der Waals surface area (Å²) in [6, 6.07) is 18.4. The van der Waals surface area contributed by atoms with Crippen molar-refractivity contribution in [2.24, 2.45) is 11.8 Å². The summed E-state index contributed by atoms with van der Waals surface area (Å²) in [5, 5.41) is 21.0. The number of rotatable bonds is 10. The first-order chi connectivity index (χ1) is 15.3. The van der Waals surface area contributed by atoms with Crippen molar-refractivity contribution in [1.29, 1.82) is 0 Å². The third-order valence-electron chi connectivity index (χ3n) is 4.55. The third-order valence-corrected chi connectivity index (χ3v) is 4.55. The number of carboxylic acid groups (broad SMARTS) is 2. The topological polar surface area (TPSA) is 133 Å². The van der Waals surface area contributed by atoms with E-state index in [-0.39, 0.29) is 50.6 Å². The Morgan fingerprint density at radius 2 is 0.970 bits per heavy atom. The number of methoxy groups -OCH3 is 2. The van der Waals surface area contributed by atoms with Crippen LogP contribution in [0.3, 0.4) is 0 Å². The van der Waals surface area contributed by atoms with Crippen LogP contribution in [0.25, 0.3) is 0 Å². The number of esters is 2. The van der Waals surface area contributed by atoms with Crippen LogP contribution in [0.5, 0.6) is 0 Å². The van der Waals surface area contributed by atoms with Crippen molar-refractivity contribution < 1.29 is 38.9 Å². The molecule has 0 N–H and O–H groups in total. The molecular formula is C24H26CaO8. The number of aliphatic carboxylic acids is 2. The molecule has 33 heavy (non-hydrogen) atoms. The van der Waals surface area contributed by atoms with Crippen LogP contribution in [0.1, 0.15) is 24.0 Å². The van der Waals surface area contributed by atoms with Crippen molar-refractivity contribution >= 4 is 61.6 Å². The predicted octanol–water partition coefficient (Wildman–Crippen LogP) is -0.0642. The molecule has 2 rings (SSSR count). The zero-order valence-electron chi connectivity index (χ0n) is 18.7. The molecule has 0 aliphatic rings. The Hall–Kier alpha value is -2.42. The molecule has 9 heteroatoms. The van der Waals surface area contributed by atoms with Gasteiger partial charge in [-0.3, -0.25) is 9.59 Å². The smallest absolute Gasteiger partial charge is 0.550 e. The number of ether oxygens (including phenoxy) is 2. The van der Waals surface area contributed by atoms with Gasteiger partial charge in [-0.15, -0.1) is 0 Å². The molecule has 2 atom stereocenters. The summed E-state index contributed by atoms with van der Waals surface area (Å²) < 4.78 is 9.11. The van der Waals surface area contributed by atoms with E-state index < -0.39 is 35.7 Å². The fraction of sp³-hybridized carbons (Fsp3) is 0.333. The van der Waals surface area contributed by atoms with Crippen LogP contribution in [0.2, 0.25) is 0 Å². The van der Waals surface area contributed by atoms with Gasteiger partial charge in [-0.2, -0.15) is 0 Å². The Balaban J connectivity index is 0.000000602. The van der Waals surface area contributed by atoms with Gasteiger partial charge in [0.25, 0.3) is 0 Å². The zero-order valence-corrected chi connectivity index (χ0v) is 20.9. The average Bonchev–Trinajstić information content (AvgIpc) is 2.78. The van der Waals surface area contributed by atoms with Crippen molar-refractivity contribution in [2.45, 2.75) is 25.7 Å². The minimum absolute atomic E-state index is 0. The van der Waals surface area contributed by atoms with E-state index in [1.807, 2.05) is 60.7 Å². The molecule has 0 aromatic heterocycles. The minimum Gasteiger partial charge on any atom is -0.550 e. The van der Waals surface area contributed by atoms with E-state index in [9.17, 15) is 29.4 Å². The standard InChI is InChI=1S/2C12H14O4.Ca/c2*1-16-12(15)10(8-11(13)14)7-9-5-3-2-4-6-9;/h2*2-6,10H,7-8H2,1H3,(H,13,14);/q;;+2/p-2/t2*10-;/m00./s1. The maximum Gasteiger partial charge on any atom is 2.00 e. The molecule has 0 saturated heterocycles. The molecule has 8 nitrogen and oxygen atoms in total. The van der Waals surface area contributed by atoms with E-state index in [1.54, 1.807) is 0 Å². The molecule has 172 valence electrons. The summed E-state index contributed by atoms with van der Waals surface area (Å²) in [5.74, 6) is -4.89. The van der Waals surface area contributed by atoms with Gasteiger partial charge in [0, 0.05) is 24.8 Å². The van der Waals surface area contributed by atoms with Gasteiger partial charge >= 0.3 is 49.7 Å². The van der Waals surface area contributed by atoms with Gasteiger partial charge in [0.05, 0.1) is 26.1 Å². The number of benzene rings is 2. The molecule has 0 saturated carbocycles. The number of carboxylic acids is 2. The van der Waals surface area contributed by atoms with Crippen molar-refractivity contribution in [3.8, 4) is 0 Å². The normalized spacial score (nSPS) is 11.5.